The number of hydrogen-bond donors (Lipinski definition) is 0. The molecule has 0 spiro atoms. The number of carbonyl (C=O) groups is 3. The highest BCUT2D eigenvalue weighted by atomic mass is 35.5. The van der Waals surface area contributed by atoms with Gasteiger partial charge in [-0.1, -0.05) is 11.6 Å². The van der Waals surface area contributed by atoms with Gasteiger partial charge in [0.2, 0.25) is 0 Å². The zero-order valence-corrected chi connectivity index (χ0v) is 14.9. The molecule has 1 unspecified atom stereocenters. The summed E-state index contributed by atoms with van der Waals surface area (Å²) in [5.41, 5.74) is 0.583. The van der Waals surface area contributed by atoms with E-state index < -0.39 is 11.9 Å². The van der Waals surface area contributed by atoms with Crippen LogP contribution in [0.2, 0.25) is 5.02 Å². The molecule has 1 heterocycles. The largest absolute Gasteiger partial charge is 0.543 e. The van der Waals surface area contributed by atoms with Crippen LogP contribution < -0.4 is 14.9 Å². The minimum atomic E-state index is -2.19. The number of fused-ring (bicyclic) bond motifs is 1. The van der Waals surface area contributed by atoms with Crippen molar-refractivity contribution in [1.82, 2.24) is 9.80 Å². The number of aliphatic carboxylic acids is 2. The summed E-state index contributed by atoms with van der Waals surface area (Å²) in [6, 6.07) is 5.16. The fourth-order valence-electron chi connectivity index (χ4n) is 2.13. The van der Waals surface area contributed by atoms with Crippen LogP contribution in [-0.2, 0) is 9.59 Å². The van der Waals surface area contributed by atoms with E-state index in [0.717, 1.165) is 13.0 Å². The van der Waals surface area contributed by atoms with Crippen molar-refractivity contribution >= 4 is 29.4 Å². The van der Waals surface area contributed by atoms with Crippen LogP contribution in [0.1, 0.15) is 16.8 Å². The Balaban J connectivity index is 0.000000450. The predicted molar refractivity (Wildman–Crippen MR) is 86.0 cm³/mol. The molecule has 1 aliphatic rings. The average Bonchev–Trinajstić information content (AvgIpc) is 2.63. The van der Waals surface area contributed by atoms with Gasteiger partial charge >= 0.3 is 0 Å². The second-order valence-electron chi connectivity index (χ2n) is 5.73. The first-order valence-electron chi connectivity index (χ1n) is 7.40. The molecule has 0 saturated carbocycles. The topological polar surface area (TPSA) is 113 Å². The first kappa shape index (κ1) is 20.7. The van der Waals surface area contributed by atoms with Crippen molar-refractivity contribution in [3.63, 3.8) is 0 Å². The molecule has 1 aliphatic heterocycles. The third kappa shape index (κ3) is 6.60. The van der Waals surface area contributed by atoms with Gasteiger partial charge in [0, 0.05) is 18.6 Å². The van der Waals surface area contributed by atoms with Gasteiger partial charge in [0.05, 0.1) is 24.0 Å². The lowest BCUT2D eigenvalue weighted by molar-refractivity contribution is -0.345. The predicted octanol–water partition coefficient (Wildman–Crippen LogP) is -1.39. The molecule has 0 bridgehead atoms. The smallest absolute Gasteiger partial charge is 0.257 e. The second-order valence-corrected chi connectivity index (χ2v) is 6.17. The van der Waals surface area contributed by atoms with E-state index in [1.807, 2.05) is 14.1 Å². The number of amides is 1. The maximum Gasteiger partial charge on any atom is 0.257 e. The molecule has 8 nitrogen and oxygen atoms in total. The number of ether oxygens (including phenoxy) is 1. The molecule has 2 rings (SSSR count). The van der Waals surface area contributed by atoms with E-state index in [2.05, 4.69) is 4.90 Å². The van der Waals surface area contributed by atoms with Crippen LogP contribution in [0.5, 0.6) is 5.75 Å². The number of nitrogens with zero attached hydrogens (tertiary/aromatic N) is 2. The third-order valence-electron chi connectivity index (χ3n) is 3.36. The molecule has 0 aliphatic carbocycles. The van der Waals surface area contributed by atoms with Crippen LogP contribution in [-0.4, -0.2) is 68.0 Å². The normalized spacial score (nSPS) is 16.3. The Morgan fingerprint density at radius 1 is 1.32 bits per heavy atom. The summed E-state index contributed by atoms with van der Waals surface area (Å²) in [7, 11) is 5.85. The van der Waals surface area contributed by atoms with Gasteiger partial charge in [-0.15, -0.1) is 0 Å². The molecule has 25 heavy (non-hydrogen) atoms. The van der Waals surface area contributed by atoms with Crippen LogP contribution in [0.3, 0.4) is 0 Å². The highest BCUT2D eigenvalue weighted by molar-refractivity contribution is 6.30. The molecular weight excluding hydrogens is 352 g/mol. The molecule has 138 valence electrons. The molecule has 0 N–H and O–H groups in total. The Morgan fingerprint density at radius 3 is 2.44 bits per heavy atom. The maximum absolute atomic E-state index is 12.2. The zero-order valence-electron chi connectivity index (χ0n) is 14.2. The van der Waals surface area contributed by atoms with Gasteiger partial charge in [-0.25, -0.2) is 0 Å². The fourth-order valence-corrected chi connectivity index (χ4v) is 2.30. The summed E-state index contributed by atoms with van der Waals surface area (Å²) in [5, 5.41) is 18.4. The SMILES string of the molecule is CN(C)CCC1CN(C)C(=O)c2ccc(Cl)cc2O1.O=C([O-])C(=O)[O-]. The molecule has 1 amide bonds. The van der Waals surface area contributed by atoms with Crippen LogP contribution in [0.25, 0.3) is 0 Å². The van der Waals surface area contributed by atoms with Crippen molar-refractivity contribution in [2.45, 2.75) is 12.5 Å². The molecule has 1 aromatic rings. The highest BCUT2D eigenvalue weighted by Crippen LogP contribution is 2.28. The number of carboxylic acid groups (broad SMARTS) is 2. The summed E-state index contributed by atoms with van der Waals surface area (Å²) in [6.07, 6.45) is 0.868. The standard InChI is InChI=1S/C14H19ClN2O2.C2H2O4/c1-16(2)7-6-11-9-17(3)14(18)12-5-4-10(15)8-13(12)19-11;3-1(4)2(5)6/h4-5,8,11H,6-7,9H2,1-3H3;(H,3,4)(H,5,6)/p-2. The summed E-state index contributed by atoms with van der Waals surface area (Å²) in [6.45, 7) is 1.52. The first-order chi connectivity index (χ1) is 11.6. The Hall–Kier alpha value is -2.32. The molecule has 9 heteroatoms. The first-order valence-corrected chi connectivity index (χ1v) is 7.78. The van der Waals surface area contributed by atoms with Gasteiger partial charge in [0.15, 0.2) is 0 Å². The van der Waals surface area contributed by atoms with Gasteiger partial charge in [-0.2, -0.15) is 0 Å². The van der Waals surface area contributed by atoms with Gasteiger partial charge in [-0.05, 0) is 38.7 Å². The number of benzene rings is 1. The van der Waals surface area contributed by atoms with Gasteiger partial charge in [0.25, 0.3) is 5.91 Å². The van der Waals surface area contributed by atoms with Gasteiger partial charge in [-0.3, -0.25) is 4.79 Å². The Kier molecular flexibility index (Phi) is 7.66. The summed E-state index contributed by atoms with van der Waals surface area (Å²) >= 11 is 5.98. The van der Waals surface area contributed by atoms with E-state index in [1.165, 1.54) is 0 Å². The molecule has 1 atom stereocenters. The molecule has 0 fully saturated rings. The zero-order chi connectivity index (χ0) is 19.1. The average molecular weight is 371 g/mol. The highest BCUT2D eigenvalue weighted by Gasteiger charge is 2.26. The van der Waals surface area contributed by atoms with E-state index in [4.69, 9.17) is 36.1 Å². The number of likely N-dealkylation sites (N-methyl/N-ethyl adjacent to an activating group) is 1. The number of carboxylic acids is 2. The van der Waals surface area contributed by atoms with Crippen molar-refractivity contribution in [1.29, 1.82) is 0 Å². The summed E-state index contributed by atoms with van der Waals surface area (Å²) in [4.78, 5) is 33.9. The Labute approximate surface area is 150 Å². The lowest BCUT2D eigenvalue weighted by atomic mass is 10.2. The van der Waals surface area contributed by atoms with Crippen molar-refractivity contribution in [3.8, 4) is 5.75 Å². The quantitative estimate of drug-likeness (QED) is 0.602. The van der Waals surface area contributed by atoms with Gasteiger partial charge < -0.3 is 34.3 Å². The number of halogens is 1. The van der Waals surface area contributed by atoms with E-state index >= 15 is 0 Å². The lowest BCUT2D eigenvalue weighted by Crippen LogP contribution is -2.42. The van der Waals surface area contributed by atoms with Crippen molar-refractivity contribution in [2.24, 2.45) is 0 Å². The summed E-state index contributed by atoms with van der Waals surface area (Å²) in [5.74, 6) is -3.80. The second kappa shape index (κ2) is 9.24. The molecule has 0 radical (unpaired) electrons. The Morgan fingerprint density at radius 2 is 1.92 bits per heavy atom. The summed E-state index contributed by atoms with van der Waals surface area (Å²) < 4.78 is 5.96. The van der Waals surface area contributed by atoms with E-state index in [9.17, 15) is 4.79 Å². The monoisotopic (exact) mass is 370 g/mol. The lowest BCUT2D eigenvalue weighted by Gasteiger charge is -2.22. The van der Waals surface area contributed by atoms with Crippen LogP contribution in [0.4, 0.5) is 0 Å². The van der Waals surface area contributed by atoms with E-state index in [0.29, 0.717) is 22.9 Å². The van der Waals surface area contributed by atoms with Crippen LogP contribution >= 0.6 is 11.6 Å². The van der Waals surface area contributed by atoms with E-state index in [-0.39, 0.29) is 12.0 Å². The minimum absolute atomic E-state index is 0.00364. The van der Waals surface area contributed by atoms with E-state index in [1.54, 1.807) is 30.1 Å². The number of hydrogen-bond acceptors (Lipinski definition) is 7. The maximum atomic E-state index is 12.2. The van der Waals surface area contributed by atoms with Crippen molar-refractivity contribution in [2.75, 3.05) is 34.2 Å². The Bertz CT molecular complexity index is 638. The minimum Gasteiger partial charge on any atom is -0.543 e. The number of rotatable bonds is 3. The van der Waals surface area contributed by atoms with Crippen molar-refractivity contribution in [3.05, 3.63) is 28.8 Å². The molecule has 0 aromatic heterocycles. The molecule has 1 aromatic carbocycles. The van der Waals surface area contributed by atoms with Crippen LogP contribution in [0, 0.1) is 0 Å². The van der Waals surface area contributed by atoms with Crippen molar-refractivity contribution < 1.29 is 29.3 Å². The molecule has 0 saturated heterocycles. The third-order valence-corrected chi connectivity index (χ3v) is 3.59. The number of carbonyl (C=O) groups excluding carboxylic acids is 3. The van der Waals surface area contributed by atoms with Gasteiger partial charge in [0.1, 0.15) is 11.9 Å². The fraction of sp³-hybridized carbons (Fsp3) is 0.438. The molecular formula is C16H19ClN2O6-2. The van der Waals surface area contributed by atoms with Crippen LogP contribution in [0.15, 0.2) is 18.2 Å².